The molecule has 0 aliphatic carbocycles. The fraction of sp³-hybridized carbons (Fsp3) is 0.300. The second-order valence-corrected chi connectivity index (χ2v) is 7.18. The number of carbonyl (C=O) groups is 2. The van der Waals surface area contributed by atoms with E-state index in [1.54, 1.807) is 11.8 Å². The molecule has 0 spiro atoms. The van der Waals surface area contributed by atoms with Gasteiger partial charge in [0.2, 0.25) is 11.8 Å². The average Bonchev–Trinajstić information content (AvgIpc) is 2.97. The van der Waals surface area contributed by atoms with Crippen molar-refractivity contribution in [3.05, 3.63) is 59.7 Å². The standard InChI is InChI=1S/C20H22N2O2S/c1-3-7-15-8-4-5-11-18(15)22-19(24)13-25-20(22)16-9-6-10-17(12-16)21-14(2)23/h4-6,8-12,20H,3,7,13H2,1-2H3,(H,21,23)/t20-/m0/s1. The summed E-state index contributed by atoms with van der Waals surface area (Å²) in [7, 11) is 0. The Morgan fingerprint density at radius 2 is 2.04 bits per heavy atom. The first-order valence-corrected chi connectivity index (χ1v) is 9.54. The minimum Gasteiger partial charge on any atom is -0.326 e. The molecular formula is C20H22N2O2S. The number of amides is 2. The Balaban J connectivity index is 1.97. The SMILES string of the molecule is CCCc1ccccc1N1C(=O)CS[C@H]1c1cccc(NC(C)=O)c1. The number of carbonyl (C=O) groups excluding carboxylic acids is 2. The van der Waals surface area contributed by atoms with Gasteiger partial charge >= 0.3 is 0 Å². The Morgan fingerprint density at radius 1 is 1.24 bits per heavy atom. The molecule has 1 aliphatic heterocycles. The molecule has 2 aromatic rings. The summed E-state index contributed by atoms with van der Waals surface area (Å²) >= 11 is 1.62. The van der Waals surface area contributed by atoms with Gasteiger partial charge in [-0.15, -0.1) is 11.8 Å². The first-order chi connectivity index (χ1) is 12.1. The molecule has 5 heteroatoms. The number of rotatable bonds is 5. The summed E-state index contributed by atoms with van der Waals surface area (Å²) in [6.45, 7) is 3.64. The van der Waals surface area contributed by atoms with Crippen LogP contribution in [0.15, 0.2) is 48.5 Å². The van der Waals surface area contributed by atoms with Gasteiger partial charge in [0, 0.05) is 18.3 Å². The van der Waals surface area contributed by atoms with Crippen LogP contribution in [0.25, 0.3) is 0 Å². The Morgan fingerprint density at radius 3 is 2.80 bits per heavy atom. The largest absolute Gasteiger partial charge is 0.326 e. The van der Waals surface area contributed by atoms with Crippen LogP contribution in [-0.4, -0.2) is 17.6 Å². The Kier molecular flexibility index (Phi) is 5.43. The highest BCUT2D eigenvalue weighted by Gasteiger charge is 2.35. The molecule has 0 bridgehead atoms. The molecule has 0 unspecified atom stereocenters. The quantitative estimate of drug-likeness (QED) is 0.867. The van der Waals surface area contributed by atoms with Crippen molar-refractivity contribution in [2.75, 3.05) is 16.0 Å². The summed E-state index contributed by atoms with van der Waals surface area (Å²) in [4.78, 5) is 25.8. The third-order valence-electron chi connectivity index (χ3n) is 4.13. The van der Waals surface area contributed by atoms with Crippen LogP contribution in [0, 0.1) is 0 Å². The topological polar surface area (TPSA) is 49.4 Å². The fourth-order valence-corrected chi connectivity index (χ4v) is 4.29. The average molecular weight is 354 g/mol. The molecule has 2 aromatic carbocycles. The molecule has 3 rings (SSSR count). The van der Waals surface area contributed by atoms with Crippen molar-refractivity contribution in [3.8, 4) is 0 Å². The van der Waals surface area contributed by atoms with Crippen LogP contribution in [0.1, 0.15) is 36.8 Å². The number of benzene rings is 2. The predicted octanol–water partition coefficient (Wildman–Crippen LogP) is 4.38. The van der Waals surface area contributed by atoms with Gasteiger partial charge in [-0.3, -0.25) is 14.5 Å². The first kappa shape index (κ1) is 17.5. The zero-order valence-corrected chi connectivity index (χ0v) is 15.3. The molecule has 1 aliphatic rings. The Bertz CT molecular complexity index is 791. The molecule has 4 nitrogen and oxygen atoms in total. The van der Waals surface area contributed by atoms with Gasteiger partial charge in [0.05, 0.1) is 5.75 Å². The molecule has 1 atom stereocenters. The maximum Gasteiger partial charge on any atom is 0.238 e. The van der Waals surface area contributed by atoms with Crippen molar-refractivity contribution in [1.82, 2.24) is 0 Å². The number of hydrogen-bond acceptors (Lipinski definition) is 3. The van der Waals surface area contributed by atoms with E-state index in [1.165, 1.54) is 12.5 Å². The highest BCUT2D eigenvalue weighted by atomic mass is 32.2. The second-order valence-electron chi connectivity index (χ2n) is 6.11. The highest BCUT2D eigenvalue weighted by Crippen LogP contribution is 2.43. The van der Waals surface area contributed by atoms with E-state index in [4.69, 9.17) is 0 Å². The van der Waals surface area contributed by atoms with Gasteiger partial charge < -0.3 is 5.32 Å². The van der Waals surface area contributed by atoms with Gasteiger partial charge in [0.15, 0.2) is 0 Å². The highest BCUT2D eigenvalue weighted by molar-refractivity contribution is 8.00. The molecule has 2 amide bonds. The molecule has 1 fully saturated rings. The molecule has 0 radical (unpaired) electrons. The Hall–Kier alpha value is -2.27. The van der Waals surface area contributed by atoms with E-state index in [9.17, 15) is 9.59 Å². The van der Waals surface area contributed by atoms with Crippen LogP contribution < -0.4 is 10.2 Å². The molecule has 25 heavy (non-hydrogen) atoms. The van der Waals surface area contributed by atoms with Crippen LogP contribution >= 0.6 is 11.8 Å². The summed E-state index contributed by atoms with van der Waals surface area (Å²) in [5.41, 5.74) is 3.97. The molecule has 130 valence electrons. The van der Waals surface area contributed by atoms with Crippen LogP contribution in [-0.2, 0) is 16.0 Å². The van der Waals surface area contributed by atoms with Crippen LogP contribution in [0.2, 0.25) is 0 Å². The lowest BCUT2D eigenvalue weighted by Gasteiger charge is -2.27. The van der Waals surface area contributed by atoms with Crippen molar-refractivity contribution in [3.63, 3.8) is 0 Å². The molecule has 0 aromatic heterocycles. The predicted molar refractivity (Wildman–Crippen MR) is 104 cm³/mol. The minimum absolute atomic E-state index is 0.0702. The maximum atomic E-state index is 12.6. The number of nitrogens with zero attached hydrogens (tertiary/aromatic N) is 1. The van der Waals surface area contributed by atoms with E-state index in [0.29, 0.717) is 5.75 Å². The van der Waals surface area contributed by atoms with Gasteiger partial charge in [0.25, 0.3) is 0 Å². The first-order valence-electron chi connectivity index (χ1n) is 8.49. The minimum atomic E-state index is -0.0996. The van der Waals surface area contributed by atoms with Crippen LogP contribution in [0.4, 0.5) is 11.4 Å². The molecule has 1 saturated heterocycles. The number of nitrogens with one attached hydrogen (secondary N) is 1. The zero-order valence-electron chi connectivity index (χ0n) is 14.5. The van der Waals surface area contributed by atoms with E-state index in [2.05, 4.69) is 18.3 Å². The van der Waals surface area contributed by atoms with Gasteiger partial charge in [-0.25, -0.2) is 0 Å². The Labute approximate surface area is 152 Å². The zero-order chi connectivity index (χ0) is 17.8. The van der Waals surface area contributed by atoms with Crippen LogP contribution in [0.5, 0.6) is 0 Å². The lowest BCUT2D eigenvalue weighted by Crippen LogP contribution is -2.28. The lowest BCUT2D eigenvalue weighted by atomic mass is 10.1. The van der Waals surface area contributed by atoms with Crippen molar-refractivity contribution < 1.29 is 9.59 Å². The summed E-state index contributed by atoms with van der Waals surface area (Å²) in [6.07, 6.45) is 1.98. The van der Waals surface area contributed by atoms with Crippen LogP contribution in [0.3, 0.4) is 0 Å². The number of thioether (sulfide) groups is 1. The summed E-state index contributed by atoms with van der Waals surface area (Å²) in [5, 5.41) is 2.74. The van der Waals surface area contributed by atoms with Crippen molar-refractivity contribution in [2.24, 2.45) is 0 Å². The fourth-order valence-electron chi connectivity index (χ4n) is 3.13. The third-order valence-corrected chi connectivity index (χ3v) is 5.34. The number of aryl methyl sites for hydroxylation is 1. The van der Waals surface area contributed by atoms with Gasteiger partial charge in [-0.1, -0.05) is 43.7 Å². The van der Waals surface area contributed by atoms with Crippen molar-refractivity contribution >= 4 is 35.0 Å². The summed E-state index contributed by atoms with van der Waals surface area (Å²) in [6, 6.07) is 15.9. The monoisotopic (exact) mass is 354 g/mol. The molecule has 1 heterocycles. The van der Waals surface area contributed by atoms with Gasteiger partial charge in [-0.2, -0.15) is 0 Å². The van der Waals surface area contributed by atoms with E-state index in [-0.39, 0.29) is 17.2 Å². The van der Waals surface area contributed by atoms with E-state index < -0.39 is 0 Å². The molecular weight excluding hydrogens is 332 g/mol. The second kappa shape index (κ2) is 7.74. The number of para-hydroxylation sites is 1. The summed E-state index contributed by atoms with van der Waals surface area (Å²) < 4.78 is 0. The van der Waals surface area contributed by atoms with Crippen molar-refractivity contribution in [1.29, 1.82) is 0 Å². The smallest absolute Gasteiger partial charge is 0.238 e. The maximum absolute atomic E-state index is 12.6. The normalized spacial score (nSPS) is 17.0. The molecule has 0 saturated carbocycles. The number of anilines is 2. The lowest BCUT2D eigenvalue weighted by molar-refractivity contribution is -0.116. The van der Waals surface area contributed by atoms with E-state index in [1.807, 2.05) is 47.4 Å². The third kappa shape index (κ3) is 3.87. The number of hydrogen-bond donors (Lipinski definition) is 1. The van der Waals surface area contributed by atoms with Gasteiger partial charge in [-0.05, 0) is 35.7 Å². The van der Waals surface area contributed by atoms with Crippen molar-refractivity contribution in [2.45, 2.75) is 32.1 Å². The van der Waals surface area contributed by atoms with E-state index in [0.717, 1.165) is 29.8 Å². The summed E-state index contributed by atoms with van der Waals surface area (Å²) in [5.74, 6) is 0.496. The molecule has 1 N–H and O–H groups in total. The van der Waals surface area contributed by atoms with Gasteiger partial charge in [0.1, 0.15) is 5.37 Å². The van der Waals surface area contributed by atoms with E-state index >= 15 is 0 Å².